The summed E-state index contributed by atoms with van der Waals surface area (Å²) in [6.45, 7) is 7.73. The molecule has 2 heterocycles. The van der Waals surface area contributed by atoms with Crippen LogP contribution in [0, 0.1) is 0 Å². The maximum absolute atomic E-state index is 12.6. The number of hydrogen-bond donors (Lipinski definition) is 1. The Balaban J connectivity index is 1.75. The molecule has 0 radical (unpaired) electrons. The largest absolute Gasteiger partial charge is 0.350 e. The van der Waals surface area contributed by atoms with Gasteiger partial charge in [0.25, 0.3) is 5.91 Å². The van der Waals surface area contributed by atoms with Gasteiger partial charge in [-0.2, -0.15) is 0 Å². The second-order valence-electron chi connectivity index (χ2n) is 6.96. The number of nitrogens with zero attached hydrogens (tertiary/aromatic N) is 1. The van der Waals surface area contributed by atoms with Crippen LogP contribution in [-0.4, -0.2) is 45.4 Å². The summed E-state index contributed by atoms with van der Waals surface area (Å²) < 4.78 is 25.2. The van der Waals surface area contributed by atoms with Gasteiger partial charge in [0.15, 0.2) is 9.84 Å². The standard InChI is InChI=1S/C20H25ClN2O3S2/c1-3-8-23(9-4-2)10-7-22-20(24)17-11-14-13-28(25,26)18-12-15(21)5-6-16(18)19(14)27-17/h5-6,11-12H,3-4,7-10,13H2,1-2H3,(H,22,24). The summed E-state index contributed by atoms with van der Waals surface area (Å²) in [5.41, 5.74) is 1.32. The van der Waals surface area contributed by atoms with Crippen molar-refractivity contribution < 1.29 is 13.2 Å². The fourth-order valence-electron chi connectivity index (χ4n) is 3.48. The fourth-order valence-corrected chi connectivity index (χ4v) is 6.62. The molecule has 1 aromatic heterocycles. The van der Waals surface area contributed by atoms with Gasteiger partial charge in [0.2, 0.25) is 0 Å². The van der Waals surface area contributed by atoms with E-state index < -0.39 is 9.84 Å². The Hall–Kier alpha value is -1.41. The number of rotatable bonds is 8. The highest BCUT2D eigenvalue weighted by Crippen LogP contribution is 2.43. The second kappa shape index (κ2) is 8.95. The van der Waals surface area contributed by atoms with E-state index in [0.717, 1.165) is 37.4 Å². The van der Waals surface area contributed by atoms with E-state index in [1.807, 2.05) is 0 Å². The summed E-state index contributed by atoms with van der Waals surface area (Å²) >= 11 is 7.32. The van der Waals surface area contributed by atoms with Gasteiger partial charge in [0.1, 0.15) is 0 Å². The van der Waals surface area contributed by atoms with Crippen molar-refractivity contribution in [3.05, 3.63) is 39.7 Å². The van der Waals surface area contributed by atoms with Crippen LogP contribution in [0.1, 0.15) is 41.9 Å². The van der Waals surface area contributed by atoms with Crippen LogP contribution in [0.2, 0.25) is 5.02 Å². The molecule has 0 saturated heterocycles. The molecule has 1 amide bonds. The molecule has 0 saturated carbocycles. The lowest BCUT2D eigenvalue weighted by atomic mass is 10.1. The molecule has 3 rings (SSSR count). The number of carbonyl (C=O) groups excluding carboxylic acids is 1. The first-order valence-corrected chi connectivity index (χ1v) is 12.4. The normalized spacial score (nSPS) is 14.6. The molecule has 1 aliphatic rings. The van der Waals surface area contributed by atoms with Gasteiger partial charge >= 0.3 is 0 Å². The lowest BCUT2D eigenvalue weighted by Gasteiger charge is -2.20. The summed E-state index contributed by atoms with van der Waals surface area (Å²) in [6.07, 6.45) is 2.17. The third-order valence-corrected chi connectivity index (χ3v) is 7.84. The van der Waals surface area contributed by atoms with Crippen molar-refractivity contribution in [2.75, 3.05) is 26.2 Å². The Morgan fingerprint density at radius 1 is 1.18 bits per heavy atom. The third-order valence-electron chi connectivity index (χ3n) is 4.69. The number of thiophene rings is 1. The van der Waals surface area contributed by atoms with Gasteiger partial charge < -0.3 is 10.2 Å². The Kier molecular flexibility index (Phi) is 6.81. The van der Waals surface area contributed by atoms with E-state index in [4.69, 9.17) is 11.6 Å². The molecule has 5 nitrogen and oxygen atoms in total. The number of benzene rings is 1. The number of halogens is 1. The molecule has 152 valence electrons. The van der Waals surface area contributed by atoms with Gasteiger partial charge in [0, 0.05) is 28.6 Å². The molecule has 0 aliphatic carbocycles. The van der Waals surface area contributed by atoms with Crippen LogP contribution in [0.4, 0.5) is 0 Å². The minimum Gasteiger partial charge on any atom is -0.350 e. The Labute approximate surface area is 175 Å². The number of fused-ring (bicyclic) bond motifs is 3. The van der Waals surface area contributed by atoms with Crippen molar-refractivity contribution in [1.29, 1.82) is 0 Å². The molecular formula is C20H25ClN2O3S2. The molecule has 28 heavy (non-hydrogen) atoms. The number of carbonyl (C=O) groups is 1. The Morgan fingerprint density at radius 3 is 2.57 bits per heavy atom. The average Bonchev–Trinajstić information content (AvgIpc) is 3.05. The van der Waals surface area contributed by atoms with E-state index in [2.05, 4.69) is 24.1 Å². The number of sulfone groups is 1. The summed E-state index contributed by atoms with van der Waals surface area (Å²) in [7, 11) is -3.45. The van der Waals surface area contributed by atoms with Crippen molar-refractivity contribution in [3.63, 3.8) is 0 Å². The molecule has 1 aliphatic heterocycles. The maximum atomic E-state index is 12.6. The van der Waals surface area contributed by atoms with Crippen molar-refractivity contribution in [2.45, 2.75) is 37.3 Å². The van der Waals surface area contributed by atoms with Crippen LogP contribution in [-0.2, 0) is 15.6 Å². The summed E-state index contributed by atoms with van der Waals surface area (Å²) in [5.74, 6) is -0.250. The zero-order valence-electron chi connectivity index (χ0n) is 16.1. The summed E-state index contributed by atoms with van der Waals surface area (Å²) in [5, 5.41) is 3.36. The average molecular weight is 441 g/mol. The van der Waals surface area contributed by atoms with Crippen LogP contribution in [0.15, 0.2) is 29.2 Å². The monoisotopic (exact) mass is 440 g/mol. The SMILES string of the molecule is CCCN(CCC)CCNC(=O)c1cc2c(s1)-c1ccc(Cl)cc1S(=O)(=O)C2. The highest BCUT2D eigenvalue weighted by atomic mass is 35.5. The minimum absolute atomic E-state index is 0.0970. The lowest BCUT2D eigenvalue weighted by molar-refractivity contribution is 0.0952. The Morgan fingerprint density at radius 2 is 1.89 bits per heavy atom. The molecule has 0 spiro atoms. The first kappa shape index (κ1) is 21.3. The highest BCUT2D eigenvalue weighted by Gasteiger charge is 2.31. The molecule has 0 fully saturated rings. The first-order chi connectivity index (χ1) is 13.4. The smallest absolute Gasteiger partial charge is 0.261 e. The zero-order valence-corrected chi connectivity index (χ0v) is 18.5. The van der Waals surface area contributed by atoms with Crippen molar-refractivity contribution in [2.24, 2.45) is 0 Å². The highest BCUT2D eigenvalue weighted by molar-refractivity contribution is 7.91. The van der Waals surface area contributed by atoms with Crippen LogP contribution in [0.5, 0.6) is 0 Å². The predicted octanol–water partition coefficient (Wildman–Crippen LogP) is 4.21. The number of amides is 1. The van der Waals surface area contributed by atoms with Gasteiger partial charge in [-0.1, -0.05) is 31.5 Å². The lowest BCUT2D eigenvalue weighted by Crippen LogP contribution is -2.35. The summed E-state index contributed by atoms with van der Waals surface area (Å²) in [4.78, 5) is 16.6. The van der Waals surface area contributed by atoms with Crippen molar-refractivity contribution >= 4 is 38.7 Å². The molecule has 8 heteroatoms. The van der Waals surface area contributed by atoms with E-state index in [9.17, 15) is 13.2 Å². The van der Waals surface area contributed by atoms with Crippen LogP contribution < -0.4 is 5.32 Å². The van der Waals surface area contributed by atoms with Crippen molar-refractivity contribution in [1.82, 2.24) is 10.2 Å². The van der Waals surface area contributed by atoms with Crippen LogP contribution in [0.25, 0.3) is 10.4 Å². The molecule has 1 aromatic carbocycles. The molecular weight excluding hydrogens is 416 g/mol. The van der Waals surface area contributed by atoms with Crippen LogP contribution in [0.3, 0.4) is 0 Å². The summed E-state index contributed by atoms with van der Waals surface area (Å²) in [6, 6.07) is 6.60. The van der Waals surface area contributed by atoms with Gasteiger partial charge in [-0.3, -0.25) is 4.79 Å². The predicted molar refractivity (Wildman–Crippen MR) is 115 cm³/mol. The number of nitrogens with one attached hydrogen (secondary N) is 1. The topological polar surface area (TPSA) is 66.5 Å². The quantitative estimate of drug-likeness (QED) is 0.667. The van der Waals surface area contributed by atoms with Crippen LogP contribution >= 0.6 is 22.9 Å². The maximum Gasteiger partial charge on any atom is 0.261 e. The molecule has 0 atom stereocenters. The van der Waals surface area contributed by atoms with Gasteiger partial charge in [0.05, 0.1) is 15.5 Å². The van der Waals surface area contributed by atoms with Gasteiger partial charge in [-0.25, -0.2) is 8.42 Å². The van der Waals surface area contributed by atoms with Gasteiger partial charge in [-0.15, -0.1) is 11.3 Å². The van der Waals surface area contributed by atoms with E-state index in [1.54, 1.807) is 18.2 Å². The van der Waals surface area contributed by atoms with E-state index in [0.29, 0.717) is 27.6 Å². The molecule has 0 unspecified atom stereocenters. The Bertz CT molecular complexity index is 964. The second-order valence-corrected chi connectivity index (χ2v) is 10.4. The molecule has 2 aromatic rings. The van der Waals surface area contributed by atoms with E-state index in [-0.39, 0.29) is 16.6 Å². The van der Waals surface area contributed by atoms with Crippen molar-refractivity contribution in [3.8, 4) is 10.4 Å². The minimum atomic E-state index is -3.45. The first-order valence-electron chi connectivity index (χ1n) is 9.51. The van der Waals surface area contributed by atoms with E-state index >= 15 is 0 Å². The van der Waals surface area contributed by atoms with Gasteiger partial charge in [-0.05, 0) is 49.7 Å². The molecule has 1 N–H and O–H groups in total. The molecule has 0 bridgehead atoms. The zero-order chi connectivity index (χ0) is 20.3. The fraction of sp³-hybridized carbons (Fsp3) is 0.450. The third kappa shape index (κ3) is 4.59. The number of hydrogen-bond acceptors (Lipinski definition) is 5. The van der Waals surface area contributed by atoms with E-state index in [1.165, 1.54) is 17.4 Å².